The Morgan fingerprint density at radius 1 is 1.37 bits per heavy atom. The fourth-order valence-corrected chi connectivity index (χ4v) is 2.51. The smallest absolute Gasteiger partial charge is 0.240 e. The summed E-state index contributed by atoms with van der Waals surface area (Å²) in [6.07, 6.45) is 3.41. The van der Waals surface area contributed by atoms with Gasteiger partial charge in [-0.3, -0.25) is 4.79 Å². The highest BCUT2D eigenvalue weighted by atomic mass is 16.2. The van der Waals surface area contributed by atoms with Gasteiger partial charge in [-0.2, -0.15) is 4.99 Å². The number of carbonyl (C=O) groups excluding carboxylic acids is 2. The van der Waals surface area contributed by atoms with Gasteiger partial charge in [-0.1, -0.05) is 12.1 Å². The Balaban J connectivity index is 1.92. The van der Waals surface area contributed by atoms with E-state index in [9.17, 15) is 9.59 Å². The molecular weight excluding hydrogens is 242 g/mol. The molecule has 1 aliphatic carbocycles. The molecule has 0 aromatic heterocycles. The molecule has 1 heterocycles. The minimum atomic E-state index is -0.380. The van der Waals surface area contributed by atoms with Crippen LogP contribution in [0.2, 0.25) is 0 Å². The molecule has 0 atom stereocenters. The molecular formula is C14H15N3O2. The molecule has 0 radical (unpaired) electrons. The van der Waals surface area contributed by atoms with E-state index in [1.807, 2.05) is 24.3 Å². The van der Waals surface area contributed by atoms with Crippen molar-refractivity contribution < 1.29 is 9.59 Å². The first-order chi connectivity index (χ1) is 9.25. The van der Waals surface area contributed by atoms with Crippen molar-refractivity contribution in [3.05, 3.63) is 29.8 Å². The molecule has 0 spiro atoms. The molecule has 5 nitrogen and oxygen atoms in total. The zero-order valence-electron chi connectivity index (χ0n) is 10.6. The van der Waals surface area contributed by atoms with E-state index in [1.54, 1.807) is 11.0 Å². The molecule has 2 fully saturated rings. The highest BCUT2D eigenvalue weighted by molar-refractivity contribution is 5.95. The maximum absolute atomic E-state index is 11.9. The number of hydrogen-bond acceptors (Lipinski definition) is 4. The van der Waals surface area contributed by atoms with Gasteiger partial charge in [0, 0.05) is 18.8 Å². The van der Waals surface area contributed by atoms with E-state index in [-0.39, 0.29) is 11.4 Å². The second-order valence-electron chi connectivity index (χ2n) is 5.01. The molecule has 1 aliphatic heterocycles. The van der Waals surface area contributed by atoms with Crippen LogP contribution in [0.25, 0.3) is 0 Å². The Morgan fingerprint density at radius 2 is 2.21 bits per heavy atom. The predicted molar refractivity (Wildman–Crippen MR) is 70.7 cm³/mol. The number of isocyanates is 1. The molecule has 1 N–H and O–H groups in total. The normalized spacial score (nSPS) is 20.8. The summed E-state index contributed by atoms with van der Waals surface area (Å²) >= 11 is 0. The van der Waals surface area contributed by atoms with Crippen molar-refractivity contribution >= 4 is 17.7 Å². The van der Waals surface area contributed by atoms with Gasteiger partial charge in [-0.25, -0.2) is 4.79 Å². The van der Waals surface area contributed by atoms with Gasteiger partial charge in [0.05, 0.1) is 12.1 Å². The largest absolute Gasteiger partial charge is 0.310 e. The SMILES string of the molecule is O=C=NC1(c2cccc(N3CCNCC3=O)c2)CC1. The first-order valence-corrected chi connectivity index (χ1v) is 6.46. The third-order valence-electron chi connectivity index (χ3n) is 3.77. The topological polar surface area (TPSA) is 61.8 Å². The van der Waals surface area contributed by atoms with Crippen LogP contribution in [0.5, 0.6) is 0 Å². The average molecular weight is 257 g/mol. The zero-order chi connectivity index (χ0) is 13.3. The fourth-order valence-electron chi connectivity index (χ4n) is 2.51. The molecule has 0 unspecified atom stereocenters. The number of hydrogen-bond donors (Lipinski definition) is 1. The van der Waals surface area contributed by atoms with Crippen molar-refractivity contribution in [2.75, 3.05) is 24.5 Å². The van der Waals surface area contributed by atoms with Gasteiger partial charge in [0.1, 0.15) is 0 Å². The van der Waals surface area contributed by atoms with E-state index in [4.69, 9.17) is 0 Å². The second kappa shape index (κ2) is 4.61. The van der Waals surface area contributed by atoms with Crippen molar-refractivity contribution in [3.63, 3.8) is 0 Å². The van der Waals surface area contributed by atoms with Crippen LogP contribution in [0.15, 0.2) is 29.3 Å². The number of aliphatic imine (C=N–C) groups is 1. The van der Waals surface area contributed by atoms with Gasteiger partial charge in [0.15, 0.2) is 0 Å². The summed E-state index contributed by atoms with van der Waals surface area (Å²) < 4.78 is 0. The number of carbonyl (C=O) groups is 1. The summed E-state index contributed by atoms with van der Waals surface area (Å²) in [5.41, 5.74) is 1.51. The predicted octanol–water partition coefficient (Wildman–Crippen LogP) is 0.948. The molecule has 1 amide bonds. The molecule has 3 rings (SSSR count). The lowest BCUT2D eigenvalue weighted by molar-refractivity contribution is -0.118. The molecule has 1 saturated heterocycles. The van der Waals surface area contributed by atoms with Gasteiger partial charge in [-0.05, 0) is 30.5 Å². The van der Waals surface area contributed by atoms with Gasteiger partial charge in [0.2, 0.25) is 12.0 Å². The van der Waals surface area contributed by atoms with Crippen LogP contribution in [-0.4, -0.2) is 31.6 Å². The van der Waals surface area contributed by atoms with E-state index in [2.05, 4.69) is 10.3 Å². The summed E-state index contributed by atoms with van der Waals surface area (Å²) in [5, 5.41) is 3.05. The third kappa shape index (κ3) is 2.18. The van der Waals surface area contributed by atoms with E-state index in [0.29, 0.717) is 13.1 Å². The van der Waals surface area contributed by atoms with Crippen LogP contribution < -0.4 is 10.2 Å². The Labute approximate surface area is 111 Å². The number of anilines is 1. The van der Waals surface area contributed by atoms with Crippen LogP contribution in [0.4, 0.5) is 5.69 Å². The molecule has 1 aromatic carbocycles. The van der Waals surface area contributed by atoms with E-state index in [0.717, 1.165) is 30.6 Å². The summed E-state index contributed by atoms with van der Waals surface area (Å²) in [7, 11) is 0. The summed E-state index contributed by atoms with van der Waals surface area (Å²) in [5.74, 6) is 0.0761. The van der Waals surface area contributed by atoms with Crippen molar-refractivity contribution in [2.24, 2.45) is 4.99 Å². The quantitative estimate of drug-likeness (QED) is 0.647. The van der Waals surface area contributed by atoms with Crippen LogP contribution >= 0.6 is 0 Å². The standard InChI is InChI=1S/C14H15N3O2/c18-10-16-14(4-5-14)11-2-1-3-12(8-11)17-7-6-15-9-13(17)19/h1-3,8,15H,4-7,9H2. The number of piperazine rings is 1. The molecule has 5 heteroatoms. The lowest BCUT2D eigenvalue weighted by atomic mass is 10.0. The molecule has 1 saturated carbocycles. The van der Waals surface area contributed by atoms with Crippen molar-refractivity contribution in [2.45, 2.75) is 18.4 Å². The molecule has 2 aliphatic rings. The van der Waals surface area contributed by atoms with E-state index < -0.39 is 0 Å². The second-order valence-corrected chi connectivity index (χ2v) is 5.01. The zero-order valence-corrected chi connectivity index (χ0v) is 10.6. The number of amides is 1. The summed E-state index contributed by atoms with van der Waals surface area (Å²) in [6.45, 7) is 1.85. The maximum atomic E-state index is 11.9. The van der Waals surface area contributed by atoms with Gasteiger partial charge < -0.3 is 10.2 Å². The number of benzene rings is 1. The van der Waals surface area contributed by atoms with Gasteiger partial charge >= 0.3 is 0 Å². The molecule has 19 heavy (non-hydrogen) atoms. The van der Waals surface area contributed by atoms with Gasteiger partial charge in [-0.15, -0.1) is 0 Å². The van der Waals surface area contributed by atoms with Crippen LogP contribution in [0.3, 0.4) is 0 Å². The monoisotopic (exact) mass is 257 g/mol. The first-order valence-electron chi connectivity index (χ1n) is 6.46. The molecule has 1 aromatic rings. The van der Waals surface area contributed by atoms with Crippen molar-refractivity contribution in [3.8, 4) is 0 Å². The lowest BCUT2D eigenvalue weighted by Crippen LogP contribution is -2.48. The van der Waals surface area contributed by atoms with Crippen molar-refractivity contribution in [1.82, 2.24) is 5.32 Å². The van der Waals surface area contributed by atoms with Crippen LogP contribution in [0.1, 0.15) is 18.4 Å². The Morgan fingerprint density at radius 3 is 2.89 bits per heavy atom. The minimum Gasteiger partial charge on any atom is -0.310 e. The minimum absolute atomic E-state index is 0.0761. The lowest BCUT2D eigenvalue weighted by Gasteiger charge is -2.28. The Hall–Kier alpha value is -1.97. The van der Waals surface area contributed by atoms with Crippen molar-refractivity contribution in [1.29, 1.82) is 0 Å². The Bertz CT molecular complexity index is 560. The highest BCUT2D eigenvalue weighted by Crippen LogP contribution is 2.49. The first kappa shape index (κ1) is 12.1. The molecule has 98 valence electrons. The van der Waals surface area contributed by atoms with E-state index >= 15 is 0 Å². The summed E-state index contributed by atoms with van der Waals surface area (Å²) in [6, 6.07) is 7.77. The maximum Gasteiger partial charge on any atom is 0.240 e. The highest BCUT2D eigenvalue weighted by Gasteiger charge is 2.45. The Kier molecular flexibility index (Phi) is 2.93. The van der Waals surface area contributed by atoms with Gasteiger partial charge in [0.25, 0.3) is 0 Å². The number of nitrogens with one attached hydrogen (secondary N) is 1. The summed E-state index contributed by atoms with van der Waals surface area (Å²) in [4.78, 5) is 28.1. The number of rotatable bonds is 3. The molecule has 0 bridgehead atoms. The fraction of sp³-hybridized carbons (Fsp3) is 0.429. The van der Waals surface area contributed by atoms with Crippen LogP contribution in [0, 0.1) is 0 Å². The average Bonchev–Trinajstić information content (AvgIpc) is 3.21. The number of nitrogens with zero attached hydrogens (tertiary/aromatic N) is 2. The third-order valence-corrected chi connectivity index (χ3v) is 3.77. The van der Waals surface area contributed by atoms with Crippen LogP contribution in [-0.2, 0) is 15.1 Å². The van der Waals surface area contributed by atoms with E-state index in [1.165, 1.54) is 0 Å².